The molecule has 0 aromatic carbocycles. The molecule has 4 fully saturated rings. The third kappa shape index (κ3) is 3.56. The van der Waals surface area contributed by atoms with Gasteiger partial charge < -0.3 is 10.6 Å². The van der Waals surface area contributed by atoms with Gasteiger partial charge in [0.05, 0.1) is 17.6 Å². The predicted molar refractivity (Wildman–Crippen MR) is 106 cm³/mol. The third-order valence-corrected chi connectivity index (χ3v) is 7.19. The Bertz CT molecular complexity index is 951. The van der Waals surface area contributed by atoms with Gasteiger partial charge in [0.25, 0.3) is 18.2 Å². The van der Waals surface area contributed by atoms with Gasteiger partial charge >= 0.3 is 0 Å². The maximum Gasteiger partial charge on any atom is 0.272 e. The molecule has 6 rings (SSSR count). The number of alkyl halides is 2. The molecule has 0 radical (unpaired) electrons. The van der Waals surface area contributed by atoms with E-state index in [0.29, 0.717) is 17.6 Å². The molecule has 4 aliphatic rings. The first-order valence-corrected chi connectivity index (χ1v) is 10.7. The first-order chi connectivity index (χ1) is 14.4. The maximum absolute atomic E-state index is 13.0. The molecule has 0 saturated heterocycles. The van der Waals surface area contributed by atoms with Gasteiger partial charge in [-0.2, -0.15) is 5.10 Å². The summed E-state index contributed by atoms with van der Waals surface area (Å²) in [6.45, 7) is -0.0443. The summed E-state index contributed by atoms with van der Waals surface area (Å²) in [6, 6.07) is 4.87. The predicted octanol–water partition coefficient (Wildman–Crippen LogP) is 3.28. The van der Waals surface area contributed by atoms with E-state index in [4.69, 9.17) is 0 Å². The molecule has 0 spiro atoms. The van der Waals surface area contributed by atoms with Crippen LogP contribution in [0, 0.1) is 23.2 Å². The number of hydrogen-bond acceptors (Lipinski definition) is 3. The lowest BCUT2D eigenvalue weighted by Gasteiger charge is -2.56. The fourth-order valence-electron chi connectivity index (χ4n) is 6.45. The Kier molecular flexibility index (Phi) is 4.75. The number of amides is 2. The molecule has 0 unspecified atom stereocenters. The Labute approximate surface area is 173 Å². The second-order valence-corrected chi connectivity index (χ2v) is 9.48. The van der Waals surface area contributed by atoms with Crippen molar-refractivity contribution in [3.8, 4) is 0 Å². The number of halogens is 2. The van der Waals surface area contributed by atoms with E-state index in [-0.39, 0.29) is 17.0 Å². The molecule has 0 aliphatic heterocycles. The van der Waals surface area contributed by atoms with Crippen molar-refractivity contribution in [1.29, 1.82) is 0 Å². The molecule has 160 valence electrons. The van der Waals surface area contributed by atoms with Crippen LogP contribution < -0.4 is 10.6 Å². The van der Waals surface area contributed by atoms with Gasteiger partial charge in [0, 0.05) is 12.7 Å². The van der Waals surface area contributed by atoms with Crippen molar-refractivity contribution in [2.45, 2.75) is 45.0 Å². The quantitative estimate of drug-likeness (QED) is 0.759. The standard InChI is InChI=1S/C22H26F2N4O2/c23-19(24)11-25-21(30)17-7-18-16(2-1-3-28(18)27-17)20(29)26-12-22-8-13-4-14(9-22)6-15(5-13)10-22/h1-3,7,13-15,19H,4-6,8-12H2,(H,25,30)(H,26,29). The average Bonchev–Trinajstić information content (AvgIpc) is 3.13. The lowest BCUT2D eigenvalue weighted by atomic mass is 9.49. The molecule has 2 aromatic heterocycles. The molecule has 2 aromatic rings. The van der Waals surface area contributed by atoms with E-state index in [1.165, 1.54) is 49.1 Å². The van der Waals surface area contributed by atoms with Crippen molar-refractivity contribution in [2.24, 2.45) is 23.2 Å². The Morgan fingerprint density at radius 2 is 1.77 bits per heavy atom. The summed E-state index contributed by atoms with van der Waals surface area (Å²) in [6.07, 6.45) is 6.72. The van der Waals surface area contributed by atoms with Crippen LogP contribution in [0.3, 0.4) is 0 Å². The Morgan fingerprint density at radius 1 is 1.10 bits per heavy atom. The van der Waals surface area contributed by atoms with Crippen LogP contribution in [-0.2, 0) is 0 Å². The van der Waals surface area contributed by atoms with Crippen LogP contribution in [-0.4, -0.2) is 40.9 Å². The van der Waals surface area contributed by atoms with Crippen molar-refractivity contribution in [3.63, 3.8) is 0 Å². The van der Waals surface area contributed by atoms with Crippen LogP contribution in [0.5, 0.6) is 0 Å². The van der Waals surface area contributed by atoms with E-state index in [9.17, 15) is 18.4 Å². The number of fused-ring (bicyclic) bond motifs is 1. The molecule has 2 heterocycles. The average molecular weight is 416 g/mol. The first-order valence-electron chi connectivity index (χ1n) is 10.7. The minimum atomic E-state index is -2.63. The monoisotopic (exact) mass is 416 g/mol. The van der Waals surface area contributed by atoms with Gasteiger partial charge in [0.1, 0.15) is 0 Å². The fraction of sp³-hybridized carbons (Fsp3) is 0.591. The highest BCUT2D eigenvalue weighted by molar-refractivity contribution is 6.02. The van der Waals surface area contributed by atoms with Crippen molar-refractivity contribution < 1.29 is 18.4 Å². The number of pyridine rings is 1. The first kappa shape index (κ1) is 19.5. The lowest BCUT2D eigenvalue weighted by Crippen LogP contribution is -2.51. The van der Waals surface area contributed by atoms with Crippen molar-refractivity contribution >= 4 is 17.3 Å². The molecule has 2 amide bonds. The van der Waals surface area contributed by atoms with Crippen LogP contribution >= 0.6 is 0 Å². The van der Waals surface area contributed by atoms with Gasteiger partial charge in [-0.15, -0.1) is 0 Å². The summed E-state index contributed by atoms with van der Waals surface area (Å²) in [5.74, 6) is 1.59. The van der Waals surface area contributed by atoms with E-state index in [0.717, 1.165) is 17.8 Å². The molecule has 4 aliphatic carbocycles. The topological polar surface area (TPSA) is 75.5 Å². The molecular formula is C22H26F2N4O2. The summed E-state index contributed by atoms with van der Waals surface area (Å²) in [5.41, 5.74) is 1.16. The summed E-state index contributed by atoms with van der Waals surface area (Å²) < 4.78 is 26.1. The van der Waals surface area contributed by atoms with Crippen LogP contribution in [0.4, 0.5) is 8.78 Å². The molecular weight excluding hydrogens is 390 g/mol. The SMILES string of the molecule is O=C(NCC(F)F)c1cc2c(C(=O)NCC34CC5CC(CC(C5)C3)C4)cccn2n1. The van der Waals surface area contributed by atoms with Crippen LogP contribution in [0.1, 0.15) is 59.4 Å². The number of hydrogen-bond donors (Lipinski definition) is 2. The minimum Gasteiger partial charge on any atom is -0.351 e. The summed E-state index contributed by atoms with van der Waals surface area (Å²) >= 11 is 0. The molecule has 6 nitrogen and oxygen atoms in total. The number of nitrogens with zero attached hydrogens (tertiary/aromatic N) is 2. The second-order valence-electron chi connectivity index (χ2n) is 9.48. The Hall–Kier alpha value is -2.51. The van der Waals surface area contributed by atoms with E-state index in [1.807, 2.05) is 0 Å². The highest BCUT2D eigenvalue weighted by Gasteiger charge is 2.50. The molecule has 2 N–H and O–H groups in total. The van der Waals surface area contributed by atoms with Gasteiger partial charge in [-0.3, -0.25) is 9.59 Å². The van der Waals surface area contributed by atoms with Gasteiger partial charge in [-0.05, 0) is 79.9 Å². The van der Waals surface area contributed by atoms with Gasteiger partial charge in [0.15, 0.2) is 5.69 Å². The summed E-state index contributed by atoms with van der Waals surface area (Å²) in [4.78, 5) is 25.1. The molecule has 30 heavy (non-hydrogen) atoms. The Morgan fingerprint density at radius 3 is 2.40 bits per heavy atom. The molecule has 8 heteroatoms. The summed E-state index contributed by atoms with van der Waals surface area (Å²) in [5, 5.41) is 9.42. The zero-order valence-electron chi connectivity index (χ0n) is 16.7. The number of nitrogens with one attached hydrogen (secondary N) is 2. The highest BCUT2D eigenvalue weighted by Crippen LogP contribution is 2.59. The number of carbonyl (C=O) groups is 2. The zero-order valence-corrected chi connectivity index (χ0v) is 16.7. The molecule has 4 bridgehead atoms. The number of aromatic nitrogens is 2. The fourth-order valence-corrected chi connectivity index (χ4v) is 6.45. The smallest absolute Gasteiger partial charge is 0.272 e. The van der Waals surface area contributed by atoms with Crippen molar-refractivity contribution in [1.82, 2.24) is 20.2 Å². The number of rotatable bonds is 6. The molecule has 0 atom stereocenters. The van der Waals surface area contributed by atoms with Gasteiger partial charge in [0.2, 0.25) is 0 Å². The Balaban J connectivity index is 1.31. The zero-order chi connectivity index (χ0) is 20.9. The van der Waals surface area contributed by atoms with E-state index in [2.05, 4.69) is 15.7 Å². The second kappa shape index (κ2) is 7.32. The van der Waals surface area contributed by atoms with Crippen molar-refractivity contribution in [3.05, 3.63) is 35.7 Å². The van der Waals surface area contributed by atoms with E-state index >= 15 is 0 Å². The maximum atomic E-state index is 13.0. The van der Waals surface area contributed by atoms with Crippen LogP contribution in [0.15, 0.2) is 24.4 Å². The highest BCUT2D eigenvalue weighted by atomic mass is 19.3. The normalized spacial score (nSPS) is 29.5. The molecule has 4 saturated carbocycles. The van der Waals surface area contributed by atoms with Gasteiger partial charge in [-0.1, -0.05) is 0 Å². The third-order valence-electron chi connectivity index (χ3n) is 7.19. The van der Waals surface area contributed by atoms with E-state index in [1.54, 1.807) is 18.3 Å². The number of carbonyl (C=O) groups excluding carboxylic acids is 2. The lowest BCUT2D eigenvalue weighted by molar-refractivity contribution is -0.0503. The van der Waals surface area contributed by atoms with Crippen LogP contribution in [0.2, 0.25) is 0 Å². The van der Waals surface area contributed by atoms with Gasteiger partial charge in [-0.25, -0.2) is 13.3 Å². The van der Waals surface area contributed by atoms with Crippen LogP contribution in [0.25, 0.3) is 5.52 Å². The van der Waals surface area contributed by atoms with E-state index < -0.39 is 18.9 Å². The minimum absolute atomic E-state index is 0.0111. The summed E-state index contributed by atoms with van der Waals surface area (Å²) in [7, 11) is 0. The van der Waals surface area contributed by atoms with Crippen molar-refractivity contribution in [2.75, 3.05) is 13.1 Å². The largest absolute Gasteiger partial charge is 0.351 e.